The maximum Gasteiger partial charge on any atom is 0.259 e. The van der Waals surface area contributed by atoms with Gasteiger partial charge in [-0.3, -0.25) is 15.1 Å². The number of carbonyl (C=O) groups excluding carboxylic acids is 1. The quantitative estimate of drug-likeness (QED) is 0.325. The van der Waals surface area contributed by atoms with Crippen molar-refractivity contribution in [3.63, 3.8) is 0 Å². The van der Waals surface area contributed by atoms with Gasteiger partial charge in [0.2, 0.25) is 0 Å². The number of benzene rings is 2. The average molecular weight is 488 g/mol. The number of pyridine rings is 1. The Bertz CT molecular complexity index is 1520. The molecule has 1 amide bonds. The Morgan fingerprint density at radius 3 is 2.62 bits per heavy atom. The van der Waals surface area contributed by atoms with Crippen molar-refractivity contribution in [2.24, 2.45) is 0 Å². The molecule has 0 aliphatic heterocycles. The van der Waals surface area contributed by atoms with Gasteiger partial charge in [-0.1, -0.05) is 53.3 Å². The van der Waals surface area contributed by atoms with Gasteiger partial charge in [-0.25, -0.2) is 0 Å². The predicted octanol–water partition coefficient (Wildman–Crippen LogP) is 6.04. The Hall–Kier alpha value is -3.88. The first-order valence-electron chi connectivity index (χ1n) is 10.3. The van der Waals surface area contributed by atoms with E-state index in [0.717, 1.165) is 27.1 Å². The Morgan fingerprint density at radius 1 is 1.03 bits per heavy atom. The van der Waals surface area contributed by atoms with Crippen molar-refractivity contribution in [1.29, 1.82) is 0 Å². The molecule has 1 N–H and O–H groups in total. The summed E-state index contributed by atoms with van der Waals surface area (Å²) in [6, 6.07) is 18.7. The minimum absolute atomic E-state index is 0.321. The summed E-state index contributed by atoms with van der Waals surface area (Å²) in [7, 11) is 1.60. The van der Waals surface area contributed by atoms with E-state index in [-0.39, 0.29) is 5.91 Å². The van der Waals surface area contributed by atoms with Gasteiger partial charge in [-0.2, -0.15) is 4.98 Å². The number of rotatable bonds is 5. The van der Waals surface area contributed by atoms with Crippen molar-refractivity contribution in [2.75, 3.05) is 12.4 Å². The van der Waals surface area contributed by atoms with Crippen LogP contribution in [0.25, 0.3) is 32.7 Å². The van der Waals surface area contributed by atoms with E-state index < -0.39 is 0 Å². The maximum atomic E-state index is 13.2. The lowest BCUT2D eigenvalue weighted by Crippen LogP contribution is -2.14. The second-order valence-electron chi connectivity index (χ2n) is 7.47. The summed E-state index contributed by atoms with van der Waals surface area (Å²) in [6.45, 7) is 1.88. The number of aryl methyl sites for hydroxylation is 1. The van der Waals surface area contributed by atoms with Gasteiger partial charge in [0.15, 0.2) is 10.8 Å². The molecular formula is C25H18ClN5O2S. The van der Waals surface area contributed by atoms with Crippen LogP contribution in [0.5, 0.6) is 5.75 Å². The second-order valence-corrected chi connectivity index (χ2v) is 8.94. The molecule has 0 saturated carbocycles. The fraction of sp³-hybridized carbons (Fsp3) is 0.0800. The summed E-state index contributed by atoms with van der Waals surface area (Å²) in [5.41, 5.74) is 4.81. The lowest BCUT2D eigenvalue weighted by Gasteiger charge is -2.13. The van der Waals surface area contributed by atoms with Gasteiger partial charge in [0.25, 0.3) is 5.91 Å². The van der Waals surface area contributed by atoms with Crippen LogP contribution in [0.2, 0.25) is 5.02 Å². The zero-order valence-electron chi connectivity index (χ0n) is 18.2. The molecule has 3 aromatic heterocycles. The maximum absolute atomic E-state index is 13.2. The first-order chi connectivity index (χ1) is 16.5. The number of carbonyl (C=O) groups is 1. The predicted molar refractivity (Wildman–Crippen MR) is 135 cm³/mol. The Balaban J connectivity index is 1.47. The lowest BCUT2D eigenvalue weighted by molar-refractivity contribution is 0.102. The fourth-order valence-electron chi connectivity index (χ4n) is 3.55. The SMILES string of the molecule is COc1ccccc1-c1cc(C)ncc1C(=O)Nc1nc2nnc(-c3ccc(Cl)cc3)cc2s1. The standard InChI is InChI=1S/C25H18ClN5O2S/c1-14-11-18(17-5-3-4-6-21(17)33-2)19(13-27-14)24(32)29-25-28-23-22(34-25)12-20(30-31-23)15-7-9-16(26)10-8-15/h3-13H,1-2H3,(H,28,29,31,32). The van der Waals surface area contributed by atoms with Crippen LogP contribution >= 0.6 is 22.9 Å². The number of para-hydroxylation sites is 1. The molecule has 0 radical (unpaired) electrons. The monoisotopic (exact) mass is 487 g/mol. The summed E-state index contributed by atoms with van der Waals surface area (Å²) in [5, 5.41) is 12.4. The van der Waals surface area contributed by atoms with Crippen LogP contribution in [0.4, 0.5) is 5.13 Å². The minimum atomic E-state index is -0.321. The number of halogens is 1. The van der Waals surface area contributed by atoms with Gasteiger partial charge >= 0.3 is 0 Å². The highest BCUT2D eigenvalue weighted by Gasteiger charge is 2.19. The molecule has 0 bridgehead atoms. The van der Waals surface area contributed by atoms with E-state index in [1.54, 1.807) is 25.4 Å². The number of anilines is 1. The molecule has 168 valence electrons. The summed E-state index contributed by atoms with van der Waals surface area (Å²) in [4.78, 5) is 22.0. The molecule has 9 heteroatoms. The van der Waals surface area contributed by atoms with Crippen LogP contribution < -0.4 is 10.1 Å². The van der Waals surface area contributed by atoms with E-state index in [2.05, 4.69) is 25.5 Å². The van der Waals surface area contributed by atoms with Gasteiger partial charge in [0.05, 0.1) is 23.1 Å². The van der Waals surface area contributed by atoms with Crippen molar-refractivity contribution in [3.8, 4) is 28.1 Å². The topological polar surface area (TPSA) is 89.9 Å². The number of thiazole rings is 1. The van der Waals surface area contributed by atoms with Gasteiger partial charge < -0.3 is 4.74 Å². The molecule has 0 aliphatic rings. The van der Waals surface area contributed by atoms with Gasteiger partial charge in [0, 0.05) is 33.6 Å². The van der Waals surface area contributed by atoms with E-state index >= 15 is 0 Å². The van der Waals surface area contributed by atoms with Crippen LogP contribution in [-0.4, -0.2) is 33.2 Å². The number of hydrogen-bond acceptors (Lipinski definition) is 7. The molecule has 2 aromatic carbocycles. The molecule has 0 atom stereocenters. The summed E-state index contributed by atoms with van der Waals surface area (Å²) in [6.07, 6.45) is 1.57. The van der Waals surface area contributed by atoms with Crippen molar-refractivity contribution in [1.82, 2.24) is 20.2 Å². The first kappa shape index (κ1) is 21.9. The van der Waals surface area contributed by atoms with Crippen LogP contribution in [0.15, 0.2) is 66.9 Å². The number of hydrogen-bond donors (Lipinski definition) is 1. The highest BCUT2D eigenvalue weighted by atomic mass is 35.5. The van der Waals surface area contributed by atoms with E-state index in [1.807, 2.05) is 55.5 Å². The van der Waals surface area contributed by atoms with E-state index in [1.165, 1.54) is 11.3 Å². The van der Waals surface area contributed by atoms with E-state index in [0.29, 0.717) is 32.8 Å². The number of nitrogens with zero attached hydrogens (tertiary/aromatic N) is 4. The summed E-state index contributed by atoms with van der Waals surface area (Å²) < 4.78 is 6.31. The first-order valence-corrected chi connectivity index (χ1v) is 11.5. The zero-order valence-corrected chi connectivity index (χ0v) is 19.8. The average Bonchev–Trinajstić information content (AvgIpc) is 3.25. The van der Waals surface area contributed by atoms with Crippen LogP contribution in [0.1, 0.15) is 16.1 Å². The molecule has 7 nitrogen and oxygen atoms in total. The van der Waals surface area contributed by atoms with Crippen molar-refractivity contribution < 1.29 is 9.53 Å². The van der Waals surface area contributed by atoms with Crippen molar-refractivity contribution in [3.05, 3.63) is 83.1 Å². The summed E-state index contributed by atoms with van der Waals surface area (Å²) >= 11 is 7.30. The second kappa shape index (κ2) is 9.17. The largest absolute Gasteiger partial charge is 0.496 e. The molecule has 3 heterocycles. The van der Waals surface area contributed by atoms with Crippen LogP contribution in [0.3, 0.4) is 0 Å². The molecule has 0 unspecified atom stereocenters. The van der Waals surface area contributed by atoms with Crippen molar-refractivity contribution in [2.45, 2.75) is 6.92 Å². The number of fused-ring (bicyclic) bond motifs is 1. The number of aromatic nitrogens is 4. The van der Waals surface area contributed by atoms with E-state index in [4.69, 9.17) is 16.3 Å². The smallest absolute Gasteiger partial charge is 0.259 e. The third-order valence-electron chi connectivity index (χ3n) is 5.20. The van der Waals surface area contributed by atoms with Crippen LogP contribution in [-0.2, 0) is 0 Å². The molecule has 5 aromatic rings. The third-order valence-corrected chi connectivity index (χ3v) is 6.36. The summed E-state index contributed by atoms with van der Waals surface area (Å²) in [5.74, 6) is 0.352. The van der Waals surface area contributed by atoms with Gasteiger partial charge in [-0.15, -0.1) is 10.2 Å². The highest BCUT2D eigenvalue weighted by Crippen LogP contribution is 2.33. The highest BCUT2D eigenvalue weighted by molar-refractivity contribution is 7.22. The van der Waals surface area contributed by atoms with Gasteiger partial charge in [0.1, 0.15) is 5.75 Å². The molecule has 5 rings (SSSR count). The lowest BCUT2D eigenvalue weighted by atomic mass is 9.99. The van der Waals surface area contributed by atoms with Crippen molar-refractivity contribution >= 4 is 44.3 Å². The molecule has 0 fully saturated rings. The molecule has 0 saturated heterocycles. The van der Waals surface area contributed by atoms with Crippen LogP contribution in [0, 0.1) is 6.92 Å². The van der Waals surface area contributed by atoms with E-state index in [9.17, 15) is 4.79 Å². The molecular weight excluding hydrogens is 470 g/mol. The Morgan fingerprint density at radius 2 is 1.82 bits per heavy atom. The zero-order chi connectivity index (χ0) is 23.7. The number of methoxy groups -OCH3 is 1. The normalized spacial score (nSPS) is 10.9. The molecule has 0 spiro atoms. The molecule has 0 aliphatic carbocycles. The fourth-order valence-corrected chi connectivity index (χ4v) is 4.51. The number of nitrogens with one attached hydrogen (secondary N) is 1. The number of ether oxygens (including phenoxy) is 1. The Labute approximate surface area is 204 Å². The minimum Gasteiger partial charge on any atom is -0.496 e. The van der Waals surface area contributed by atoms with Gasteiger partial charge in [-0.05, 0) is 37.3 Å². The third kappa shape index (κ3) is 4.33. The number of amides is 1. The molecule has 34 heavy (non-hydrogen) atoms. The Kier molecular flexibility index (Phi) is 5.91.